The molecule has 0 aliphatic rings. The molecule has 0 aliphatic carbocycles. The first-order valence-corrected chi connectivity index (χ1v) is 10.8. The molecule has 0 unspecified atom stereocenters. The van der Waals surface area contributed by atoms with Gasteiger partial charge in [0, 0.05) is 18.7 Å². The van der Waals surface area contributed by atoms with Crippen LogP contribution >= 0.6 is 0 Å². The van der Waals surface area contributed by atoms with E-state index >= 15 is 0 Å². The van der Waals surface area contributed by atoms with Gasteiger partial charge in [0.05, 0.1) is 4.90 Å². The van der Waals surface area contributed by atoms with Crippen molar-refractivity contribution >= 4 is 27.0 Å². The van der Waals surface area contributed by atoms with Gasteiger partial charge in [0.25, 0.3) is 5.91 Å². The summed E-state index contributed by atoms with van der Waals surface area (Å²) in [4.78, 5) is 12.5. The zero-order chi connectivity index (χ0) is 21.8. The van der Waals surface area contributed by atoms with Crippen molar-refractivity contribution in [2.45, 2.75) is 18.0 Å². The predicted molar refractivity (Wildman–Crippen MR) is 112 cm³/mol. The largest absolute Gasteiger partial charge is 0.348 e. The van der Waals surface area contributed by atoms with E-state index in [2.05, 4.69) is 25.4 Å². The highest BCUT2D eigenvalue weighted by Crippen LogP contribution is 2.14. The second kappa shape index (κ2) is 8.62. The lowest BCUT2D eigenvalue weighted by Gasteiger charge is -2.10. The number of H-pyrrole nitrogens is 1. The molecular formula is C21H18FN5O3S. The fraction of sp³-hybridized carbons (Fsp3) is 0.0952. The number of aromatic nitrogens is 3. The molecule has 0 radical (unpaired) electrons. The number of benzene rings is 3. The van der Waals surface area contributed by atoms with Gasteiger partial charge in [-0.15, -0.1) is 0 Å². The molecule has 4 aromatic rings. The van der Waals surface area contributed by atoms with E-state index in [9.17, 15) is 17.6 Å². The fourth-order valence-electron chi connectivity index (χ4n) is 3.00. The summed E-state index contributed by atoms with van der Waals surface area (Å²) in [6, 6.07) is 16.9. The van der Waals surface area contributed by atoms with Crippen LogP contribution in [-0.2, 0) is 23.1 Å². The van der Waals surface area contributed by atoms with E-state index in [4.69, 9.17) is 0 Å². The minimum atomic E-state index is -3.81. The number of aromatic amines is 1. The maximum absolute atomic E-state index is 13.3. The van der Waals surface area contributed by atoms with Crippen molar-refractivity contribution in [2.75, 3.05) is 0 Å². The van der Waals surface area contributed by atoms with Crippen molar-refractivity contribution in [1.29, 1.82) is 0 Å². The Morgan fingerprint density at radius 3 is 2.45 bits per heavy atom. The summed E-state index contributed by atoms with van der Waals surface area (Å²) in [5, 5.41) is 13.1. The van der Waals surface area contributed by atoms with Crippen LogP contribution in [0.2, 0.25) is 0 Å². The van der Waals surface area contributed by atoms with Crippen LogP contribution in [0.1, 0.15) is 21.5 Å². The molecule has 0 fully saturated rings. The highest BCUT2D eigenvalue weighted by molar-refractivity contribution is 7.89. The van der Waals surface area contributed by atoms with Gasteiger partial charge in [-0.2, -0.15) is 15.4 Å². The third kappa shape index (κ3) is 4.93. The number of carbonyl (C=O) groups excluding carboxylic acids is 1. The van der Waals surface area contributed by atoms with E-state index in [1.54, 1.807) is 36.4 Å². The molecule has 31 heavy (non-hydrogen) atoms. The van der Waals surface area contributed by atoms with Crippen molar-refractivity contribution in [1.82, 2.24) is 25.4 Å². The first-order valence-electron chi connectivity index (χ1n) is 9.32. The second-order valence-corrected chi connectivity index (χ2v) is 8.58. The summed E-state index contributed by atoms with van der Waals surface area (Å²) in [7, 11) is -3.81. The Morgan fingerprint density at radius 1 is 0.903 bits per heavy atom. The second-order valence-electron chi connectivity index (χ2n) is 6.81. The summed E-state index contributed by atoms with van der Waals surface area (Å²) in [6.07, 6.45) is 0. The van der Waals surface area contributed by atoms with Gasteiger partial charge in [-0.3, -0.25) is 4.79 Å². The molecule has 0 aliphatic heterocycles. The molecule has 1 aromatic heterocycles. The number of hydrogen-bond acceptors (Lipinski definition) is 5. The van der Waals surface area contributed by atoms with Gasteiger partial charge in [0.2, 0.25) is 10.0 Å². The van der Waals surface area contributed by atoms with Gasteiger partial charge >= 0.3 is 0 Å². The standard InChI is InChI=1S/C21H18FN5O3S/c22-17-5-1-3-14(9-17)13-24-31(29,30)18-6-2-4-15(10-18)12-23-21(28)16-7-8-19-20(11-16)26-27-25-19/h1-11,24H,12-13H2,(H,23,28)(H,25,26,27). The molecule has 4 rings (SSSR count). The van der Waals surface area contributed by atoms with Gasteiger partial charge < -0.3 is 5.32 Å². The van der Waals surface area contributed by atoms with Crippen molar-refractivity contribution in [3.05, 3.63) is 89.2 Å². The number of rotatable bonds is 7. The Hall–Kier alpha value is -3.63. The van der Waals surface area contributed by atoms with Crippen LogP contribution in [0, 0.1) is 5.82 Å². The lowest BCUT2D eigenvalue weighted by atomic mass is 10.1. The van der Waals surface area contributed by atoms with Gasteiger partial charge in [-0.25, -0.2) is 17.5 Å². The number of halogens is 1. The number of nitrogens with one attached hydrogen (secondary N) is 3. The number of sulfonamides is 1. The number of hydrogen-bond donors (Lipinski definition) is 3. The first kappa shape index (κ1) is 20.6. The molecule has 0 bridgehead atoms. The number of nitrogens with zero attached hydrogens (tertiary/aromatic N) is 2. The highest BCUT2D eigenvalue weighted by atomic mass is 32.2. The van der Waals surface area contributed by atoms with Crippen molar-refractivity contribution < 1.29 is 17.6 Å². The third-order valence-corrected chi connectivity index (χ3v) is 5.99. The van der Waals surface area contributed by atoms with E-state index in [0.29, 0.717) is 27.7 Å². The normalized spacial score (nSPS) is 11.5. The number of fused-ring (bicyclic) bond motifs is 1. The molecule has 0 atom stereocenters. The fourth-order valence-corrected chi connectivity index (χ4v) is 4.08. The maximum atomic E-state index is 13.3. The summed E-state index contributed by atoms with van der Waals surface area (Å²) in [5.74, 6) is -0.750. The van der Waals surface area contributed by atoms with Crippen LogP contribution in [0.25, 0.3) is 11.0 Å². The van der Waals surface area contributed by atoms with Gasteiger partial charge in [-0.05, 0) is 53.6 Å². The first-order chi connectivity index (χ1) is 14.9. The van der Waals surface area contributed by atoms with Crippen LogP contribution in [0.15, 0.2) is 71.6 Å². The SMILES string of the molecule is O=C(NCc1cccc(S(=O)(=O)NCc2cccc(F)c2)c1)c1ccc2n[nH]nc2c1. The topological polar surface area (TPSA) is 117 Å². The molecule has 1 heterocycles. The van der Waals surface area contributed by atoms with Gasteiger partial charge in [0.15, 0.2) is 0 Å². The van der Waals surface area contributed by atoms with Crippen LogP contribution in [0.5, 0.6) is 0 Å². The Labute approximate surface area is 177 Å². The minimum absolute atomic E-state index is 0.0361. The van der Waals surface area contributed by atoms with Gasteiger partial charge in [-0.1, -0.05) is 24.3 Å². The lowest BCUT2D eigenvalue weighted by molar-refractivity contribution is 0.0951. The number of amides is 1. The van der Waals surface area contributed by atoms with E-state index < -0.39 is 15.8 Å². The molecule has 3 N–H and O–H groups in total. The minimum Gasteiger partial charge on any atom is -0.348 e. The van der Waals surface area contributed by atoms with Crippen LogP contribution in [0.4, 0.5) is 4.39 Å². The van der Waals surface area contributed by atoms with Crippen molar-refractivity contribution in [3.63, 3.8) is 0 Å². The molecule has 0 saturated carbocycles. The molecule has 1 amide bonds. The molecule has 10 heteroatoms. The average Bonchev–Trinajstić information content (AvgIpc) is 3.24. The molecular weight excluding hydrogens is 421 g/mol. The van der Waals surface area contributed by atoms with Crippen LogP contribution in [0.3, 0.4) is 0 Å². The Balaban J connectivity index is 1.41. The molecule has 0 saturated heterocycles. The smallest absolute Gasteiger partial charge is 0.251 e. The zero-order valence-corrected chi connectivity index (χ0v) is 17.0. The van der Waals surface area contributed by atoms with Crippen LogP contribution in [-0.4, -0.2) is 29.7 Å². The van der Waals surface area contributed by atoms with E-state index in [1.165, 1.54) is 30.3 Å². The van der Waals surface area contributed by atoms with Crippen molar-refractivity contribution in [3.8, 4) is 0 Å². The van der Waals surface area contributed by atoms with Gasteiger partial charge in [0.1, 0.15) is 16.9 Å². The summed E-state index contributed by atoms with van der Waals surface area (Å²) in [5.41, 5.74) is 2.77. The predicted octanol–water partition coefficient (Wildman–Crippen LogP) is 2.51. The molecule has 0 spiro atoms. The Kier molecular flexibility index (Phi) is 5.74. The molecule has 3 aromatic carbocycles. The Bertz CT molecular complexity index is 1350. The lowest BCUT2D eigenvalue weighted by Crippen LogP contribution is -2.24. The maximum Gasteiger partial charge on any atom is 0.251 e. The van der Waals surface area contributed by atoms with E-state index in [-0.39, 0.29) is 23.9 Å². The molecule has 158 valence electrons. The Morgan fingerprint density at radius 2 is 1.65 bits per heavy atom. The zero-order valence-electron chi connectivity index (χ0n) is 16.2. The quantitative estimate of drug-likeness (QED) is 0.409. The van der Waals surface area contributed by atoms with Crippen LogP contribution < -0.4 is 10.0 Å². The van der Waals surface area contributed by atoms with E-state index in [1.807, 2.05) is 0 Å². The molecule has 8 nitrogen and oxygen atoms in total. The number of carbonyl (C=O) groups is 1. The summed E-state index contributed by atoms with van der Waals surface area (Å²) < 4.78 is 40.9. The average molecular weight is 439 g/mol. The monoisotopic (exact) mass is 439 g/mol. The summed E-state index contributed by atoms with van der Waals surface area (Å²) in [6.45, 7) is 0.106. The van der Waals surface area contributed by atoms with Crippen molar-refractivity contribution in [2.24, 2.45) is 0 Å². The van der Waals surface area contributed by atoms with E-state index in [0.717, 1.165) is 0 Å². The highest BCUT2D eigenvalue weighted by Gasteiger charge is 2.15. The summed E-state index contributed by atoms with van der Waals surface area (Å²) >= 11 is 0. The third-order valence-electron chi connectivity index (χ3n) is 4.60.